The summed E-state index contributed by atoms with van der Waals surface area (Å²) in [5.74, 6) is -2.37. The van der Waals surface area contributed by atoms with Gasteiger partial charge in [-0.3, -0.25) is 14.4 Å². The van der Waals surface area contributed by atoms with Gasteiger partial charge in [-0.25, -0.2) is 0 Å². The molecule has 37 heavy (non-hydrogen) atoms. The SMILES string of the molecule is C=CCN(C(=O)C1N([C@@H](CO)C(C)C)C(=O)[C@@H]2[C@H](C(=O)OCC)[C@]3(C)CCC12S3)c1c(C)cccc1Cl. The molecule has 1 spiro atoms. The minimum Gasteiger partial charge on any atom is -0.466 e. The van der Waals surface area contributed by atoms with E-state index in [1.165, 1.54) is 0 Å². The van der Waals surface area contributed by atoms with Gasteiger partial charge in [0.05, 0.1) is 46.5 Å². The molecule has 6 atom stereocenters. The van der Waals surface area contributed by atoms with E-state index >= 15 is 0 Å². The van der Waals surface area contributed by atoms with E-state index < -0.39 is 33.4 Å². The summed E-state index contributed by atoms with van der Waals surface area (Å²) in [5, 5.41) is 10.8. The topological polar surface area (TPSA) is 87.2 Å². The molecule has 3 heterocycles. The third kappa shape index (κ3) is 4.20. The summed E-state index contributed by atoms with van der Waals surface area (Å²) >= 11 is 8.20. The van der Waals surface area contributed by atoms with Crippen LogP contribution in [0.25, 0.3) is 0 Å². The third-order valence-electron chi connectivity index (χ3n) is 8.34. The van der Waals surface area contributed by atoms with Crippen LogP contribution in [0.15, 0.2) is 30.9 Å². The highest BCUT2D eigenvalue weighted by atomic mass is 35.5. The molecule has 202 valence electrons. The number of thioether (sulfide) groups is 1. The second-order valence-corrected chi connectivity index (χ2v) is 13.2. The Balaban J connectivity index is 1.90. The summed E-state index contributed by atoms with van der Waals surface area (Å²) in [5.41, 5.74) is 1.41. The Kier molecular flexibility index (Phi) is 7.77. The molecular formula is C28H37ClN2O5S. The highest BCUT2D eigenvalue weighted by molar-refractivity contribution is 8.02. The maximum Gasteiger partial charge on any atom is 0.311 e. The Morgan fingerprint density at radius 1 is 1.38 bits per heavy atom. The van der Waals surface area contributed by atoms with Gasteiger partial charge in [-0.05, 0) is 51.2 Å². The number of hydrogen-bond acceptors (Lipinski definition) is 6. The van der Waals surface area contributed by atoms with Crippen molar-refractivity contribution in [3.05, 3.63) is 41.4 Å². The molecule has 0 aliphatic carbocycles. The zero-order valence-corrected chi connectivity index (χ0v) is 23.8. The van der Waals surface area contributed by atoms with Crippen LogP contribution in [0.3, 0.4) is 0 Å². The quantitative estimate of drug-likeness (QED) is 0.367. The number of benzene rings is 1. The summed E-state index contributed by atoms with van der Waals surface area (Å²) in [7, 11) is 0. The molecule has 7 nitrogen and oxygen atoms in total. The lowest BCUT2D eigenvalue weighted by molar-refractivity contribution is -0.155. The number of nitrogens with zero attached hydrogens (tertiary/aromatic N) is 2. The number of para-hydroxylation sites is 1. The molecule has 9 heteroatoms. The molecule has 0 radical (unpaired) electrons. The minimum atomic E-state index is -0.869. The van der Waals surface area contributed by atoms with Gasteiger partial charge in [-0.2, -0.15) is 0 Å². The van der Waals surface area contributed by atoms with Crippen molar-refractivity contribution in [2.75, 3.05) is 24.7 Å². The van der Waals surface area contributed by atoms with Gasteiger partial charge in [0.2, 0.25) is 5.91 Å². The zero-order chi connectivity index (χ0) is 27.3. The van der Waals surface area contributed by atoms with Gasteiger partial charge in [0.15, 0.2) is 0 Å². The number of aryl methyl sites for hydroxylation is 1. The van der Waals surface area contributed by atoms with Gasteiger partial charge in [0.1, 0.15) is 6.04 Å². The van der Waals surface area contributed by atoms with E-state index in [1.54, 1.807) is 40.6 Å². The molecule has 4 rings (SSSR count). The van der Waals surface area contributed by atoms with Crippen LogP contribution in [-0.2, 0) is 19.1 Å². The molecule has 0 saturated carbocycles. The van der Waals surface area contributed by atoms with Gasteiger partial charge in [0, 0.05) is 11.3 Å². The van der Waals surface area contributed by atoms with Gasteiger partial charge in [-0.15, -0.1) is 18.3 Å². The van der Waals surface area contributed by atoms with E-state index in [0.29, 0.717) is 23.6 Å². The minimum absolute atomic E-state index is 0.104. The fourth-order valence-corrected chi connectivity index (χ4v) is 9.39. The maximum atomic E-state index is 14.7. The van der Waals surface area contributed by atoms with Crippen LogP contribution < -0.4 is 4.90 Å². The van der Waals surface area contributed by atoms with Crippen molar-refractivity contribution in [1.82, 2.24) is 4.90 Å². The van der Waals surface area contributed by atoms with E-state index in [1.807, 2.05) is 39.8 Å². The van der Waals surface area contributed by atoms with E-state index in [2.05, 4.69) is 6.58 Å². The molecule has 2 bridgehead atoms. The lowest BCUT2D eigenvalue weighted by Crippen LogP contribution is -2.58. The standard InChI is InChI=1S/C28H37ClN2O5S/c1-7-14-30(22-17(5)10-9-11-18(22)29)25(34)23-28-13-12-27(6,37-28)21(26(35)36-8-2)20(28)24(33)31(23)19(15-32)16(3)4/h7,9-11,16,19-21,23,32H,1,8,12-15H2,2-6H3/t19-,20-,21+,23?,27-,28?/m0/s1. The van der Waals surface area contributed by atoms with E-state index in [4.69, 9.17) is 16.3 Å². The molecule has 3 saturated heterocycles. The van der Waals surface area contributed by atoms with E-state index in [-0.39, 0.29) is 43.5 Å². The number of esters is 1. The van der Waals surface area contributed by atoms with Crippen LogP contribution in [-0.4, -0.2) is 69.1 Å². The van der Waals surface area contributed by atoms with Crippen molar-refractivity contribution in [2.24, 2.45) is 17.8 Å². The Hall–Kier alpha value is -2.03. The molecule has 2 unspecified atom stereocenters. The van der Waals surface area contributed by atoms with Gasteiger partial charge in [-0.1, -0.05) is 43.7 Å². The lowest BCUT2D eigenvalue weighted by Gasteiger charge is -2.41. The highest BCUT2D eigenvalue weighted by Crippen LogP contribution is 2.72. The van der Waals surface area contributed by atoms with Gasteiger partial charge < -0.3 is 19.6 Å². The van der Waals surface area contributed by atoms with Crippen LogP contribution in [0, 0.1) is 24.7 Å². The lowest BCUT2D eigenvalue weighted by atomic mass is 9.66. The normalized spacial score (nSPS) is 31.0. The van der Waals surface area contributed by atoms with Crippen molar-refractivity contribution in [1.29, 1.82) is 0 Å². The molecule has 2 amide bonds. The number of rotatable bonds is 9. The van der Waals surface area contributed by atoms with Crippen LogP contribution >= 0.6 is 23.4 Å². The fourth-order valence-electron chi connectivity index (χ4n) is 6.74. The van der Waals surface area contributed by atoms with E-state index in [9.17, 15) is 19.5 Å². The third-order valence-corrected chi connectivity index (χ3v) is 10.6. The summed E-state index contributed by atoms with van der Waals surface area (Å²) in [6.07, 6.45) is 2.96. The number of halogens is 1. The number of anilines is 1. The molecule has 1 N–H and O–H groups in total. The van der Waals surface area contributed by atoms with Crippen molar-refractivity contribution in [3.8, 4) is 0 Å². The maximum absolute atomic E-state index is 14.7. The summed E-state index contributed by atoms with van der Waals surface area (Å²) in [6.45, 7) is 13.5. The number of hydrogen-bond donors (Lipinski definition) is 1. The number of carbonyl (C=O) groups excluding carboxylic acids is 3. The molecule has 1 aromatic rings. The second kappa shape index (κ2) is 10.3. The average Bonchev–Trinajstić information content (AvgIpc) is 3.39. The number of amides is 2. The first kappa shape index (κ1) is 28.0. The number of carbonyl (C=O) groups is 3. The molecular weight excluding hydrogens is 512 g/mol. The largest absolute Gasteiger partial charge is 0.466 e. The number of aliphatic hydroxyl groups is 1. The average molecular weight is 549 g/mol. The molecule has 3 aliphatic heterocycles. The smallest absolute Gasteiger partial charge is 0.311 e. The number of fused-ring (bicyclic) bond motifs is 1. The molecule has 0 aromatic heterocycles. The van der Waals surface area contributed by atoms with Crippen LogP contribution in [0.4, 0.5) is 5.69 Å². The van der Waals surface area contributed by atoms with Gasteiger partial charge in [0.25, 0.3) is 5.91 Å². The van der Waals surface area contributed by atoms with Crippen LogP contribution in [0.1, 0.15) is 46.1 Å². The number of aliphatic hydroxyl groups excluding tert-OH is 1. The molecule has 3 fully saturated rings. The Morgan fingerprint density at radius 3 is 2.65 bits per heavy atom. The monoisotopic (exact) mass is 548 g/mol. The molecule has 3 aliphatic rings. The number of likely N-dealkylation sites (tertiary alicyclic amines) is 1. The summed E-state index contributed by atoms with van der Waals surface area (Å²) in [4.78, 5) is 45.4. The van der Waals surface area contributed by atoms with Crippen LogP contribution in [0.2, 0.25) is 5.02 Å². The van der Waals surface area contributed by atoms with Crippen molar-refractivity contribution in [2.45, 2.75) is 69.0 Å². The van der Waals surface area contributed by atoms with Crippen molar-refractivity contribution < 1.29 is 24.2 Å². The Bertz CT molecular complexity index is 1090. The van der Waals surface area contributed by atoms with Crippen LogP contribution in [0.5, 0.6) is 0 Å². The Labute approximate surface area is 228 Å². The first-order chi connectivity index (χ1) is 17.5. The summed E-state index contributed by atoms with van der Waals surface area (Å²) in [6, 6.07) is 4.02. The fraction of sp³-hybridized carbons (Fsp3) is 0.607. The van der Waals surface area contributed by atoms with Crippen molar-refractivity contribution in [3.63, 3.8) is 0 Å². The Morgan fingerprint density at radius 2 is 2.08 bits per heavy atom. The molecule has 1 aromatic carbocycles. The number of ether oxygens (including phenoxy) is 1. The van der Waals surface area contributed by atoms with Gasteiger partial charge >= 0.3 is 5.97 Å². The van der Waals surface area contributed by atoms with E-state index in [0.717, 1.165) is 5.56 Å². The predicted octanol–water partition coefficient (Wildman–Crippen LogP) is 4.23. The second-order valence-electron chi connectivity index (χ2n) is 10.9. The zero-order valence-electron chi connectivity index (χ0n) is 22.2. The first-order valence-corrected chi connectivity index (χ1v) is 14.2. The highest BCUT2D eigenvalue weighted by Gasteiger charge is 2.78. The first-order valence-electron chi connectivity index (χ1n) is 13.0. The predicted molar refractivity (Wildman–Crippen MR) is 147 cm³/mol. The summed E-state index contributed by atoms with van der Waals surface area (Å²) < 4.78 is 4.14. The van der Waals surface area contributed by atoms with Crippen molar-refractivity contribution >= 4 is 46.8 Å².